The molecule has 1 heterocycles. The Morgan fingerprint density at radius 2 is 1.86 bits per heavy atom. The second-order valence-electron chi connectivity index (χ2n) is 10.5. The topological polar surface area (TPSA) is 55.2 Å². The second-order valence-corrected chi connectivity index (χ2v) is 10.5. The Hall–Kier alpha value is -2.95. The van der Waals surface area contributed by atoms with Crippen molar-refractivity contribution in [3.63, 3.8) is 0 Å². The van der Waals surface area contributed by atoms with Crippen molar-refractivity contribution in [1.29, 1.82) is 0 Å². The fourth-order valence-electron chi connectivity index (χ4n) is 5.60. The van der Waals surface area contributed by atoms with Gasteiger partial charge in [0.25, 0.3) is 5.56 Å². The predicted molar refractivity (Wildman–Crippen MR) is 148 cm³/mol. The van der Waals surface area contributed by atoms with Crippen LogP contribution >= 0.6 is 0 Å². The molecule has 1 unspecified atom stereocenters. The van der Waals surface area contributed by atoms with Crippen molar-refractivity contribution in [1.82, 2.24) is 14.5 Å². The summed E-state index contributed by atoms with van der Waals surface area (Å²) in [6.07, 6.45) is 11.0. The largest absolute Gasteiger partial charge is 0.333 e. The molecule has 0 bridgehead atoms. The lowest BCUT2D eigenvalue weighted by molar-refractivity contribution is -0.134. The van der Waals surface area contributed by atoms with Gasteiger partial charge in [0.05, 0.1) is 22.6 Å². The number of hydrogen-bond donors (Lipinski definition) is 0. The molecule has 1 atom stereocenters. The van der Waals surface area contributed by atoms with Gasteiger partial charge < -0.3 is 4.90 Å². The molecule has 2 aromatic carbocycles. The van der Waals surface area contributed by atoms with Crippen molar-refractivity contribution in [3.05, 3.63) is 70.3 Å². The molecular weight excluding hydrogens is 446 g/mol. The smallest absolute Gasteiger partial charge is 0.266 e. The van der Waals surface area contributed by atoms with E-state index in [2.05, 4.69) is 6.92 Å². The zero-order valence-electron chi connectivity index (χ0n) is 22.2. The first kappa shape index (κ1) is 26.1. The number of carbonyl (C=O) groups excluding carboxylic acids is 1. The Kier molecular flexibility index (Phi) is 8.95. The van der Waals surface area contributed by atoms with Crippen LogP contribution < -0.4 is 5.56 Å². The zero-order chi connectivity index (χ0) is 25.5. The van der Waals surface area contributed by atoms with Crippen molar-refractivity contribution in [3.8, 4) is 5.69 Å². The van der Waals surface area contributed by atoms with Gasteiger partial charge in [-0.3, -0.25) is 14.2 Å². The minimum atomic E-state index is -0.305. The molecule has 5 nitrogen and oxygen atoms in total. The Morgan fingerprint density at radius 1 is 1.08 bits per heavy atom. The molecule has 0 aliphatic heterocycles. The van der Waals surface area contributed by atoms with Gasteiger partial charge >= 0.3 is 0 Å². The summed E-state index contributed by atoms with van der Waals surface area (Å²) in [5.74, 6) is 1.49. The number of carbonyl (C=O) groups is 1. The van der Waals surface area contributed by atoms with Crippen LogP contribution in [0, 0.1) is 12.8 Å². The van der Waals surface area contributed by atoms with E-state index in [4.69, 9.17) is 4.98 Å². The van der Waals surface area contributed by atoms with E-state index in [0.29, 0.717) is 35.6 Å². The van der Waals surface area contributed by atoms with E-state index < -0.39 is 0 Å². The van der Waals surface area contributed by atoms with Crippen LogP contribution in [0.1, 0.15) is 95.5 Å². The van der Waals surface area contributed by atoms with Crippen LogP contribution in [0.2, 0.25) is 0 Å². The number of para-hydroxylation sites is 1. The summed E-state index contributed by atoms with van der Waals surface area (Å²) in [6.45, 7) is 6.96. The highest BCUT2D eigenvalue weighted by molar-refractivity contribution is 5.79. The summed E-state index contributed by atoms with van der Waals surface area (Å²) in [5.41, 5.74) is 2.47. The van der Waals surface area contributed by atoms with Gasteiger partial charge in [-0.1, -0.05) is 76.1 Å². The van der Waals surface area contributed by atoms with Crippen LogP contribution in [0.25, 0.3) is 16.6 Å². The summed E-state index contributed by atoms with van der Waals surface area (Å²) in [6, 6.07) is 15.2. The molecule has 1 aromatic heterocycles. The minimum Gasteiger partial charge on any atom is -0.333 e. The Labute approximate surface area is 215 Å². The molecular formula is C31H41N3O2. The first-order valence-corrected chi connectivity index (χ1v) is 13.9. The van der Waals surface area contributed by atoms with E-state index in [1.54, 1.807) is 4.57 Å². The van der Waals surface area contributed by atoms with Gasteiger partial charge in [-0.2, -0.15) is 0 Å². The number of aryl methyl sites for hydroxylation is 1. The van der Waals surface area contributed by atoms with E-state index in [-0.39, 0.29) is 17.5 Å². The highest BCUT2D eigenvalue weighted by atomic mass is 16.2. The van der Waals surface area contributed by atoms with Crippen LogP contribution in [-0.4, -0.2) is 26.9 Å². The molecule has 3 aromatic rings. The van der Waals surface area contributed by atoms with Gasteiger partial charge in [0.2, 0.25) is 5.91 Å². The first-order chi connectivity index (χ1) is 17.5. The highest BCUT2D eigenvalue weighted by Crippen LogP contribution is 2.30. The Balaban J connectivity index is 1.73. The summed E-state index contributed by atoms with van der Waals surface area (Å²) < 4.78 is 1.73. The van der Waals surface area contributed by atoms with Crippen LogP contribution in [0.3, 0.4) is 0 Å². The van der Waals surface area contributed by atoms with Crippen LogP contribution in [-0.2, 0) is 4.79 Å². The van der Waals surface area contributed by atoms with Crippen molar-refractivity contribution >= 4 is 16.8 Å². The molecule has 1 saturated carbocycles. The summed E-state index contributed by atoms with van der Waals surface area (Å²) in [5, 5.41) is 0.594. The molecule has 1 amide bonds. The molecule has 36 heavy (non-hydrogen) atoms. The van der Waals surface area contributed by atoms with Crippen LogP contribution in [0.15, 0.2) is 53.3 Å². The van der Waals surface area contributed by atoms with Crippen molar-refractivity contribution < 1.29 is 4.79 Å². The molecule has 0 saturated heterocycles. The second kappa shape index (κ2) is 12.3. The standard InChI is InChI=1S/C31H41N3O2/c1-4-5-6-11-21-33(29(35)20-19-25-14-7-8-15-25)24(3)30-32-28-18-10-9-17-27(28)31(36)34(30)26-16-12-13-23(2)22-26/h9-10,12-13,16-18,22,24-25H,4-8,11,14-15,19-21H2,1-3H3. The lowest BCUT2D eigenvalue weighted by atomic mass is 10.0. The van der Waals surface area contributed by atoms with Crippen LogP contribution in [0.4, 0.5) is 0 Å². The maximum absolute atomic E-state index is 13.8. The van der Waals surface area contributed by atoms with Gasteiger partial charge in [-0.05, 0) is 62.4 Å². The first-order valence-electron chi connectivity index (χ1n) is 13.9. The predicted octanol–water partition coefficient (Wildman–Crippen LogP) is 7.13. The average molecular weight is 488 g/mol. The van der Waals surface area contributed by atoms with E-state index in [1.165, 1.54) is 32.1 Å². The fourth-order valence-corrected chi connectivity index (χ4v) is 5.60. The molecule has 1 fully saturated rings. The maximum atomic E-state index is 13.8. The molecule has 1 aliphatic rings. The summed E-state index contributed by atoms with van der Waals surface area (Å²) >= 11 is 0. The molecule has 5 heteroatoms. The zero-order valence-corrected chi connectivity index (χ0v) is 22.2. The number of benzene rings is 2. The number of aromatic nitrogens is 2. The monoisotopic (exact) mass is 487 g/mol. The van der Waals surface area contributed by atoms with Gasteiger partial charge in [0, 0.05) is 13.0 Å². The lowest BCUT2D eigenvalue weighted by Gasteiger charge is -2.31. The van der Waals surface area contributed by atoms with E-state index >= 15 is 0 Å². The maximum Gasteiger partial charge on any atom is 0.266 e. The lowest BCUT2D eigenvalue weighted by Crippen LogP contribution is -2.38. The van der Waals surface area contributed by atoms with Crippen molar-refractivity contribution in [2.75, 3.05) is 6.54 Å². The van der Waals surface area contributed by atoms with Gasteiger partial charge in [-0.25, -0.2) is 4.98 Å². The number of fused-ring (bicyclic) bond motifs is 1. The SMILES string of the molecule is CCCCCCN(C(=O)CCC1CCCC1)C(C)c1nc2ccccc2c(=O)n1-c1cccc(C)c1. The number of nitrogens with zero attached hydrogens (tertiary/aromatic N) is 3. The Bertz CT molecular complexity index is 1230. The third-order valence-corrected chi connectivity index (χ3v) is 7.72. The van der Waals surface area contributed by atoms with E-state index in [9.17, 15) is 9.59 Å². The molecule has 0 N–H and O–H groups in total. The van der Waals surface area contributed by atoms with E-state index in [0.717, 1.165) is 36.9 Å². The average Bonchev–Trinajstić information content (AvgIpc) is 3.41. The molecule has 1 aliphatic carbocycles. The normalized spacial score (nSPS) is 14.9. The molecule has 192 valence electrons. The fraction of sp³-hybridized carbons (Fsp3) is 0.516. The van der Waals surface area contributed by atoms with Gasteiger partial charge in [-0.15, -0.1) is 0 Å². The minimum absolute atomic E-state index is 0.0858. The number of rotatable bonds is 11. The Morgan fingerprint density at radius 3 is 2.61 bits per heavy atom. The highest BCUT2D eigenvalue weighted by Gasteiger charge is 2.27. The molecule has 0 radical (unpaired) electrons. The van der Waals surface area contributed by atoms with Crippen molar-refractivity contribution in [2.45, 2.75) is 91.0 Å². The molecule has 0 spiro atoms. The van der Waals surface area contributed by atoms with Gasteiger partial charge in [0.1, 0.15) is 5.82 Å². The van der Waals surface area contributed by atoms with E-state index in [1.807, 2.05) is 67.3 Å². The van der Waals surface area contributed by atoms with Crippen molar-refractivity contribution in [2.24, 2.45) is 5.92 Å². The summed E-state index contributed by atoms with van der Waals surface area (Å²) in [7, 11) is 0. The quantitative estimate of drug-likeness (QED) is 0.270. The number of unbranched alkanes of at least 4 members (excludes halogenated alkanes) is 3. The third kappa shape index (κ3) is 6.05. The molecule has 4 rings (SSSR count). The van der Waals surface area contributed by atoms with Gasteiger partial charge in [0.15, 0.2) is 0 Å². The third-order valence-electron chi connectivity index (χ3n) is 7.72. The summed E-state index contributed by atoms with van der Waals surface area (Å²) in [4.78, 5) is 34.4. The number of amides is 1. The van der Waals surface area contributed by atoms with Crippen LogP contribution in [0.5, 0.6) is 0 Å². The number of hydrogen-bond acceptors (Lipinski definition) is 3.